The van der Waals surface area contributed by atoms with Gasteiger partial charge >= 0.3 is 0 Å². The number of hydrogen-bond acceptors (Lipinski definition) is 1. The molecule has 2 unspecified atom stereocenters. The van der Waals surface area contributed by atoms with Crippen LogP contribution in [0.2, 0.25) is 0 Å². The molecule has 0 saturated heterocycles. The minimum Gasteiger partial charge on any atom is -0.313 e. The van der Waals surface area contributed by atoms with E-state index >= 15 is 0 Å². The van der Waals surface area contributed by atoms with Crippen LogP contribution in [0.4, 0.5) is 0 Å². The molecule has 116 valence electrons. The van der Waals surface area contributed by atoms with E-state index in [9.17, 15) is 0 Å². The molecule has 0 fully saturated rings. The highest BCUT2D eigenvalue weighted by atomic mass is 14.9. The van der Waals surface area contributed by atoms with E-state index in [4.69, 9.17) is 0 Å². The molecule has 0 spiro atoms. The van der Waals surface area contributed by atoms with Crippen molar-refractivity contribution in [3.63, 3.8) is 0 Å². The molecule has 1 heteroatoms. The summed E-state index contributed by atoms with van der Waals surface area (Å²) in [5.74, 6) is 0.650. The highest BCUT2D eigenvalue weighted by Crippen LogP contribution is 2.35. The third-order valence-electron chi connectivity index (χ3n) is 4.86. The molecule has 0 saturated carbocycles. The minimum atomic E-state index is 0.545. The fraction of sp³-hybridized carbons (Fsp3) is 0.429. The predicted molar refractivity (Wildman–Crippen MR) is 94.3 cm³/mol. The van der Waals surface area contributed by atoms with Crippen molar-refractivity contribution in [1.82, 2.24) is 5.32 Å². The van der Waals surface area contributed by atoms with Crippen molar-refractivity contribution < 1.29 is 0 Å². The largest absolute Gasteiger partial charge is 0.313 e. The third-order valence-corrected chi connectivity index (χ3v) is 4.86. The van der Waals surface area contributed by atoms with Gasteiger partial charge in [0, 0.05) is 6.04 Å². The molecule has 2 atom stereocenters. The molecule has 0 aromatic heterocycles. The molecule has 1 aliphatic carbocycles. The third kappa shape index (κ3) is 3.59. The Morgan fingerprint density at radius 3 is 2.64 bits per heavy atom. The van der Waals surface area contributed by atoms with Crippen molar-refractivity contribution in [2.45, 2.75) is 51.0 Å². The Balaban J connectivity index is 1.83. The molecule has 1 nitrogen and oxygen atoms in total. The van der Waals surface area contributed by atoms with E-state index in [2.05, 4.69) is 66.8 Å². The highest BCUT2D eigenvalue weighted by molar-refractivity contribution is 5.34. The molecule has 0 heterocycles. The zero-order valence-electron chi connectivity index (χ0n) is 13.6. The van der Waals surface area contributed by atoms with Crippen LogP contribution >= 0.6 is 0 Å². The Bertz CT molecular complexity index is 575. The van der Waals surface area contributed by atoms with Gasteiger partial charge in [-0.05, 0) is 61.3 Å². The first-order valence-corrected chi connectivity index (χ1v) is 8.73. The van der Waals surface area contributed by atoms with Gasteiger partial charge in [0.25, 0.3) is 0 Å². The van der Waals surface area contributed by atoms with Crippen molar-refractivity contribution in [3.8, 4) is 0 Å². The molecule has 0 aliphatic heterocycles. The maximum atomic E-state index is 3.83. The molecule has 1 N–H and O–H groups in total. The van der Waals surface area contributed by atoms with Gasteiger partial charge in [-0.1, -0.05) is 61.5 Å². The number of fused-ring (bicyclic) bond motifs is 1. The van der Waals surface area contributed by atoms with Crippen LogP contribution in [0.3, 0.4) is 0 Å². The van der Waals surface area contributed by atoms with Gasteiger partial charge in [-0.25, -0.2) is 0 Å². The number of aryl methyl sites for hydroxylation is 1. The van der Waals surface area contributed by atoms with Gasteiger partial charge in [0.15, 0.2) is 0 Å². The van der Waals surface area contributed by atoms with Crippen LogP contribution in [0.1, 0.15) is 48.8 Å². The minimum absolute atomic E-state index is 0.545. The van der Waals surface area contributed by atoms with E-state index in [0.717, 1.165) is 13.0 Å². The first kappa shape index (κ1) is 15.3. The van der Waals surface area contributed by atoms with Crippen molar-refractivity contribution in [2.24, 2.45) is 0 Å². The van der Waals surface area contributed by atoms with Gasteiger partial charge in [0.05, 0.1) is 0 Å². The maximum absolute atomic E-state index is 3.83. The fourth-order valence-electron chi connectivity index (χ4n) is 3.76. The topological polar surface area (TPSA) is 12.0 Å². The molecule has 3 rings (SSSR count). The van der Waals surface area contributed by atoms with Crippen LogP contribution in [0, 0.1) is 0 Å². The Morgan fingerprint density at radius 2 is 1.82 bits per heavy atom. The average molecular weight is 293 g/mol. The smallest absolute Gasteiger partial charge is 0.0176 e. The van der Waals surface area contributed by atoms with Gasteiger partial charge in [0.1, 0.15) is 0 Å². The first-order chi connectivity index (χ1) is 10.9. The van der Waals surface area contributed by atoms with E-state index in [1.807, 2.05) is 0 Å². The summed E-state index contributed by atoms with van der Waals surface area (Å²) < 4.78 is 0. The normalized spacial score (nSPS) is 18.7. The molecule has 0 bridgehead atoms. The lowest BCUT2D eigenvalue weighted by molar-refractivity contribution is 0.389. The lowest BCUT2D eigenvalue weighted by Gasteiger charge is -2.33. The molecule has 1 aliphatic rings. The van der Waals surface area contributed by atoms with Crippen molar-refractivity contribution in [3.05, 3.63) is 71.3 Å². The molecule has 0 amide bonds. The Labute approximate surface area is 134 Å². The van der Waals surface area contributed by atoms with Crippen molar-refractivity contribution >= 4 is 0 Å². The zero-order valence-corrected chi connectivity index (χ0v) is 13.6. The molecular formula is C21H27N. The van der Waals surface area contributed by atoms with Gasteiger partial charge in [-0.3, -0.25) is 0 Å². The molecule has 2 aromatic rings. The lowest BCUT2D eigenvalue weighted by Crippen LogP contribution is -2.38. The number of rotatable bonds is 6. The summed E-state index contributed by atoms with van der Waals surface area (Å²) in [6.07, 6.45) is 6.20. The number of benzene rings is 2. The standard InChI is InChI=1S/C21H27N/c1-2-15-22-21(16-17-9-4-3-5-10-17)20-14-8-12-18-11-6-7-13-19(18)20/h3-7,9-11,13,20-22H,2,8,12,14-16H2,1H3. The second-order valence-corrected chi connectivity index (χ2v) is 6.45. The van der Waals surface area contributed by atoms with Crippen LogP contribution in [0.5, 0.6) is 0 Å². The second kappa shape index (κ2) is 7.60. The molecule has 0 radical (unpaired) electrons. The van der Waals surface area contributed by atoms with Gasteiger partial charge in [0.2, 0.25) is 0 Å². The summed E-state index contributed by atoms with van der Waals surface area (Å²) in [6.45, 7) is 3.36. The van der Waals surface area contributed by atoms with E-state index in [0.29, 0.717) is 12.0 Å². The predicted octanol–water partition coefficient (Wildman–Crippen LogP) is 4.72. The number of nitrogens with one attached hydrogen (secondary N) is 1. The maximum Gasteiger partial charge on any atom is 0.0176 e. The molecule has 22 heavy (non-hydrogen) atoms. The van der Waals surface area contributed by atoms with Crippen LogP contribution in [0.25, 0.3) is 0 Å². The Morgan fingerprint density at radius 1 is 1.05 bits per heavy atom. The van der Waals surface area contributed by atoms with Gasteiger partial charge in [-0.2, -0.15) is 0 Å². The zero-order chi connectivity index (χ0) is 15.2. The SMILES string of the molecule is CCCNC(Cc1ccccc1)C1CCCc2ccccc21. The van der Waals surface area contributed by atoms with E-state index in [1.165, 1.54) is 31.2 Å². The second-order valence-electron chi connectivity index (χ2n) is 6.45. The Hall–Kier alpha value is -1.60. The van der Waals surface area contributed by atoms with Crippen molar-refractivity contribution in [2.75, 3.05) is 6.54 Å². The first-order valence-electron chi connectivity index (χ1n) is 8.73. The van der Waals surface area contributed by atoms with E-state index in [1.54, 1.807) is 11.1 Å². The summed E-state index contributed by atoms with van der Waals surface area (Å²) in [5.41, 5.74) is 4.59. The monoisotopic (exact) mass is 293 g/mol. The Kier molecular flexibility index (Phi) is 5.29. The summed E-state index contributed by atoms with van der Waals surface area (Å²) in [6, 6.07) is 20.5. The summed E-state index contributed by atoms with van der Waals surface area (Å²) in [4.78, 5) is 0. The van der Waals surface area contributed by atoms with E-state index in [-0.39, 0.29) is 0 Å². The van der Waals surface area contributed by atoms with Crippen LogP contribution < -0.4 is 5.32 Å². The lowest BCUT2D eigenvalue weighted by atomic mass is 9.77. The van der Waals surface area contributed by atoms with Crippen LogP contribution in [0.15, 0.2) is 54.6 Å². The quantitative estimate of drug-likeness (QED) is 0.813. The molecule has 2 aromatic carbocycles. The van der Waals surface area contributed by atoms with Crippen LogP contribution in [-0.2, 0) is 12.8 Å². The summed E-state index contributed by atoms with van der Waals surface area (Å²) in [7, 11) is 0. The van der Waals surface area contributed by atoms with Crippen LogP contribution in [-0.4, -0.2) is 12.6 Å². The average Bonchev–Trinajstić information content (AvgIpc) is 2.59. The summed E-state index contributed by atoms with van der Waals surface area (Å²) in [5, 5.41) is 3.83. The van der Waals surface area contributed by atoms with Gasteiger partial charge in [-0.15, -0.1) is 0 Å². The fourth-order valence-corrected chi connectivity index (χ4v) is 3.76. The molecular weight excluding hydrogens is 266 g/mol. The highest BCUT2D eigenvalue weighted by Gasteiger charge is 2.27. The van der Waals surface area contributed by atoms with E-state index < -0.39 is 0 Å². The summed E-state index contributed by atoms with van der Waals surface area (Å²) >= 11 is 0. The van der Waals surface area contributed by atoms with Gasteiger partial charge < -0.3 is 5.32 Å². The number of hydrogen-bond donors (Lipinski definition) is 1. The van der Waals surface area contributed by atoms with Crippen molar-refractivity contribution in [1.29, 1.82) is 0 Å².